The van der Waals surface area contributed by atoms with Gasteiger partial charge in [-0.05, 0) is 74.3 Å². The predicted molar refractivity (Wildman–Crippen MR) is 141 cm³/mol. The van der Waals surface area contributed by atoms with Gasteiger partial charge in [-0.1, -0.05) is 24.3 Å². The molecule has 5 rings (SSSR count). The summed E-state index contributed by atoms with van der Waals surface area (Å²) in [6, 6.07) is 4.38. The smallest absolute Gasteiger partial charge is 0.435 e. The van der Waals surface area contributed by atoms with E-state index in [4.69, 9.17) is 5.11 Å². The Hall–Kier alpha value is -3.30. The van der Waals surface area contributed by atoms with Crippen molar-refractivity contribution in [3.63, 3.8) is 0 Å². The second-order valence-corrected chi connectivity index (χ2v) is 13.5. The molecule has 2 aliphatic carbocycles. The van der Waals surface area contributed by atoms with Crippen molar-refractivity contribution in [1.82, 2.24) is 4.90 Å². The lowest BCUT2D eigenvalue weighted by molar-refractivity contribution is -0.348. The number of fused-ring (bicyclic) bond motifs is 3. The van der Waals surface area contributed by atoms with Crippen molar-refractivity contribution in [2.45, 2.75) is 84.8 Å². The van der Waals surface area contributed by atoms with Crippen molar-refractivity contribution in [2.24, 2.45) is 5.92 Å². The largest absolute Gasteiger partial charge is 0.481 e. The number of halogens is 9. The molecule has 2 fully saturated rings. The van der Waals surface area contributed by atoms with Crippen molar-refractivity contribution >= 4 is 22.2 Å². The van der Waals surface area contributed by atoms with Crippen LogP contribution in [0.2, 0.25) is 0 Å². The minimum atomic E-state index is -6.33. The average molecular weight is 674 g/mol. The summed E-state index contributed by atoms with van der Waals surface area (Å²) < 4.78 is 146. The number of sulfone groups is 1. The zero-order valence-corrected chi connectivity index (χ0v) is 24.2. The number of amides is 1. The number of nitrogens with zero attached hydrogens (tertiary/aromatic N) is 1. The second-order valence-electron chi connectivity index (χ2n) is 11.3. The molecule has 1 amide bonds. The van der Waals surface area contributed by atoms with E-state index in [-0.39, 0.29) is 48.9 Å². The summed E-state index contributed by atoms with van der Waals surface area (Å²) in [6.45, 7) is -0.0674. The highest BCUT2D eigenvalue weighted by Crippen LogP contribution is 2.56. The average Bonchev–Trinajstić information content (AvgIpc) is 3.36. The summed E-state index contributed by atoms with van der Waals surface area (Å²) in [6.07, 6.45) is -11.7. The number of carboxylic acid groups (broad SMARTS) is 1. The summed E-state index contributed by atoms with van der Waals surface area (Å²) in [5.74, 6) is -1.94. The number of aryl methyl sites for hydroxylation is 1. The standard InChI is InChI=1S/C22H17F8NO3S.C7H11FO2/c23-15-2-1-3-16(11-15)35(33,34)19-8-9-31(12-32)18(19)7-4-13-10-14(5-6-17(13)19)20(24,21(25,26)27)22(28,29)30;8-6-3-1-5(2-4-6)7(9)10/h1-3,5-6,10-12,18H,4,7-9H2;5-6H,1-4H2,(H,9,10). The SMILES string of the molecule is O=C(O)C1CCC(F)CC1.O=CN1CCC2(S(=O)(=O)c3cccc(F)c3)c3ccc(C(F)(C(F)(F)F)C(F)(F)F)cc3CCC12. The number of benzene rings is 2. The van der Waals surface area contributed by atoms with Crippen LogP contribution in [0.25, 0.3) is 0 Å². The highest BCUT2D eigenvalue weighted by atomic mass is 32.2. The van der Waals surface area contributed by atoms with Crippen molar-refractivity contribution in [2.75, 3.05) is 6.54 Å². The number of likely N-dealkylation sites (tertiary alicyclic amines) is 1. The van der Waals surface area contributed by atoms with Crippen molar-refractivity contribution in [3.8, 4) is 0 Å². The van der Waals surface area contributed by atoms with E-state index < -0.39 is 67.1 Å². The van der Waals surface area contributed by atoms with Gasteiger partial charge in [0.2, 0.25) is 6.41 Å². The maximum atomic E-state index is 14.7. The van der Waals surface area contributed by atoms with Gasteiger partial charge in [0, 0.05) is 12.1 Å². The summed E-state index contributed by atoms with van der Waals surface area (Å²) in [7, 11) is -4.52. The van der Waals surface area contributed by atoms with E-state index in [9.17, 15) is 57.5 Å². The van der Waals surface area contributed by atoms with Crippen LogP contribution >= 0.6 is 0 Å². The Balaban J connectivity index is 0.000000392. The monoisotopic (exact) mass is 673 g/mol. The number of carbonyl (C=O) groups is 2. The van der Waals surface area contributed by atoms with Gasteiger partial charge in [0.05, 0.1) is 16.9 Å². The molecule has 1 N–H and O–H groups in total. The number of hydrogen-bond acceptors (Lipinski definition) is 4. The first kappa shape index (κ1) is 34.6. The fraction of sp³-hybridized carbons (Fsp3) is 0.517. The molecule has 6 nitrogen and oxygen atoms in total. The van der Waals surface area contributed by atoms with Gasteiger partial charge >= 0.3 is 24.0 Å². The van der Waals surface area contributed by atoms with Crippen molar-refractivity contribution in [1.29, 1.82) is 0 Å². The molecule has 2 aromatic carbocycles. The topological polar surface area (TPSA) is 91.8 Å². The van der Waals surface area contributed by atoms with E-state index in [0.717, 1.165) is 30.3 Å². The fourth-order valence-corrected chi connectivity index (χ4v) is 8.94. The molecule has 0 radical (unpaired) electrons. The Morgan fingerprint density at radius 3 is 2.09 bits per heavy atom. The lowest BCUT2D eigenvalue weighted by Crippen LogP contribution is -2.52. The summed E-state index contributed by atoms with van der Waals surface area (Å²) in [5.41, 5.74) is -7.76. The molecule has 1 saturated carbocycles. The molecule has 1 saturated heterocycles. The Labute approximate surface area is 252 Å². The predicted octanol–water partition coefficient (Wildman–Crippen LogP) is 6.56. The van der Waals surface area contributed by atoms with E-state index >= 15 is 0 Å². The minimum absolute atomic E-state index is 0.0674. The summed E-state index contributed by atoms with van der Waals surface area (Å²) in [4.78, 5) is 22.7. The zero-order valence-electron chi connectivity index (χ0n) is 23.3. The number of carboxylic acids is 1. The van der Waals surface area contributed by atoms with E-state index in [0.29, 0.717) is 38.2 Å². The molecule has 0 bridgehead atoms. The fourth-order valence-electron chi connectivity index (χ4n) is 6.54. The first-order valence-electron chi connectivity index (χ1n) is 13.9. The van der Waals surface area contributed by atoms with Crippen LogP contribution < -0.4 is 0 Å². The maximum absolute atomic E-state index is 14.7. The number of carbonyl (C=O) groups excluding carboxylic acids is 1. The van der Waals surface area contributed by atoms with E-state index in [2.05, 4.69) is 0 Å². The van der Waals surface area contributed by atoms with Crippen molar-refractivity contribution < 1.29 is 62.6 Å². The van der Waals surface area contributed by atoms with Crippen LogP contribution in [0.5, 0.6) is 0 Å². The third kappa shape index (κ3) is 5.89. The van der Waals surface area contributed by atoms with Gasteiger partial charge in [-0.3, -0.25) is 9.59 Å². The van der Waals surface area contributed by atoms with Crippen LogP contribution in [0, 0.1) is 11.7 Å². The molecule has 1 aliphatic heterocycles. The molecular formula is C29H28F9NO5S. The maximum Gasteiger partial charge on any atom is 0.435 e. The molecule has 3 aliphatic rings. The van der Waals surface area contributed by atoms with E-state index in [1.54, 1.807) is 0 Å². The molecule has 16 heteroatoms. The van der Waals surface area contributed by atoms with Gasteiger partial charge in [-0.2, -0.15) is 26.3 Å². The normalized spacial score (nSPS) is 25.4. The highest BCUT2D eigenvalue weighted by molar-refractivity contribution is 7.92. The Bertz CT molecular complexity index is 1520. The lowest BCUT2D eigenvalue weighted by Gasteiger charge is -2.42. The second kappa shape index (κ2) is 12.1. The van der Waals surface area contributed by atoms with Crippen molar-refractivity contribution in [3.05, 3.63) is 65.0 Å². The molecule has 2 aromatic rings. The number of aliphatic carboxylic acids is 1. The lowest BCUT2D eigenvalue weighted by atomic mass is 9.77. The molecular weight excluding hydrogens is 645 g/mol. The van der Waals surface area contributed by atoms with Gasteiger partial charge in [-0.15, -0.1) is 0 Å². The van der Waals surface area contributed by atoms with Crippen LogP contribution in [-0.4, -0.2) is 61.9 Å². The first-order valence-corrected chi connectivity index (χ1v) is 15.3. The Morgan fingerprint density at radius 2 is 1.56 bits per heavy atom. The minimum Gasteiger partial charge on any atom is -0.481 e. The number of hydrogen-bond donors (Lipinski definition) is 1. The number of alkyl halides is 8. The molecule has 45 heavy (non-hydrogen) atoms. The third-order valence-corrected chi connectivity index (χ3v) is 11.4. The van der Waals surface area contributed by atoms with E-state index in [1.165, 1.54) is 4.90 Å². The Kier molecular flexibility index (Phi) is 9.32. The summed E-state index contributed by atoms with van der Waals surface area (Å²) in [5, 5.41) is 8.50. The van der Waals surface area contributed by atoms with Gasteiger partial charge in [0.25, 0.3) is 0 Å². The van der Waals surface area contributed by atoms with Crippen LogP contribution in [-0.2, 0) is 36.3 Å². The van der Waals surface area contributed by atoms with Crippen LogP contribution in [0.15, 0.2) is 47.4 Å². The molecule has 0 spiro atoms. The zero-order chi connectivity index (χ0) is 33.6. The van der Waals surface area contributed by atoms with E-state index in [1.807, 2.05) is 0 Å². The third-order valence-electron chi connectivity index (χ3n) is 8.83. The molecule has 2 unspecified atom stereocenters. The quantitative estimate of drug-likeness (QED) is 0.287. The van der Waals surface area contributed by atoms with Crippen LogP contribution in [0.1, 0.15) is 55.2 Å². The molecule has 1 heterocycles. The first-order chi connectivity index (χ1) is 20.8. The van der Waals surface area contributed by atoms with Crippen LogP contribution in [0.4, 0.5) is 39.5 Å². The molecule has 248 valence electrons. The molecule has 2 atom stereocenters. The Morgan fingerprint density at radius 1 is 0.933 bits per heavy atom. The van der Waals surface area contributed by atoms with Gasteiger partial charge in [-0.25, -0.2) is 21.6 Å². The summed E-state index contributed by atoms with van der Waals surface area (Å²) >= 11 is 0. The van der Waals surface area contributed by atoms with Gasteiger partial charge in [0.15, 0.2) is 9.84 Å². The van der Waals surface area contributed by atoms with Crippen LogP contribution in [0.3, 0.4) is 0 Å². The van der Waals surface area contributed by atoms with Gasteiger partial charge < -0.3 is 10.0 Å². The molecule has 0 aromatic heterocycles. The van der Waals surface area contributed by atoms with Gasteiger partial charge in [0.1, 0.15) is 16.7 Å². The highest BCUT2D eigenvalue weighted by Gasteiger charge is 2.73. The number of rotatable bonds is 5.